The van der Waals surface area contributed by atoms with Crippen LogP contribution in [-0.2, 0) is 4.79 Å². The van der Waals surface area contributed by atoms with Crippen molar-refractivity contribution in [3.63, 3.8) is 0 Å². The van der Waals surface area contributed by atoms with Crippen molar-refractivity contribution in [3.05, 3.63) is 32.7 Å². The van der Waals surface area contributed by atoms with Crippen molar-refractivity contribution in [2.75, 3.05) is 0 Å². The average molecular weight is 377 g/mol. The lowest BCUT2D eigenvalue weighted by Crippen LogP contribution is -2.45. The molecule has 1 fully saturated rings. The van der Waals surface area contributed by atoms with Gasteiger partial charge in [-0.1, -0.05) is 25.7 Å². The lowest BCUT2D eigenvalue weighted by Gasteiger charge is -2.27. The number of carbonyl (C=O) groups is 2. The molecule has 3 rings (SSSR count). The monoisotopic (exact) mass is 377 g/mol. The number of fused-ring (bicyclic) bond motifs is 1. The molecule has 26 heavy (non-hydrogen) atoms. The van der Waals surface area contributed by atoms with E-state index >= 15 is 0 Å². The zero-order valence-electron chi connectivity index (χ0n) is 14.9. The van der Waals surface area contributed by atoms with Crippen LogP contribution in [0.3, 0.4) is 0 Å². The van der Waals surface area contributed by atoms with Crippen LogP contribution >= 0.6 is 11.3 Å². The number of carbonyl (C=O) groups excluding carboxylic acids is 1. The van der Waals surface area contributed by atoms with E-state index in [0.717, 1.165) is 36.3 Å². The molecule has 2 aromatic heterocycles. The molecule has 2 N–H and O–H groups in total. The fraction of sp³-hybridized carbons (Fsp3) is 0.556. The van der Waals surface area contributed by atoms with Crippen molar-refractivity contribution in [2.24, 2.45) is 5.92 Å². The van der Waals surface area contributed by atoms with Crippen molar-refractivity contribution in [3.8, 4) is 0 Å². The molecule has 0 saturated heterocycles. The first-order valence-electron chi connectivity index (χ1n) is 8.91. The topological polar surface area (TPSA) is 101 Å². The fourth-order valence-electron chi connectivity index (χ4n) is 3.53. The zero-order chi connectivity index (χ0) is 18.8. The van der Waals surface area contributed by atoms with Gasteiger partial charge < -0.3 is 10.4 Å². The maximum atomic E-state index is 12.7. The van der Waals surface area contributed by atoms with Crippen LogP contribution in [0.25, 0.3) is 4.96 Å². The predicted octanol–water partition coefficient (Wildman–Crippen LogP) is 2.53. The van der Waals surface area contributed by atoms with Gasteiger partial charge in [0.15, 0.2) is 4.96 Å². The van der Waals surface area contributed by atoms with E-state index in [2.05, 4.69) is 10.3 Å². The summed E-state index contributed by atoms with van der Waals surface area (Å²) in [6, 6.07) is -0.467. The standard InChI is InChI=1S/C18H23N3O4S/c1-10-11(2)26-18-19-9-13(16(23)21(10)18)15(22)20-14-8-6-4-3-5-7-12(14)17(24)25/h9,12,14H,3-8H2,1-2H3,(H,20,22)(H,24,25). The molecule has 2 unspecified atom stereocenters. The van der Waals surface area contributed by atoms with E-state index in [1.807, 2.05) is 13.8 Å². The molecule has 7 nitrogen and oxygen atoms in total. The lowest BCUT2D eigenvalue weighted by atomic mass is 9.86. The van der Waals surface area contributed by atoms with E-state index in [4.69, 9.17) is 0 Å². The van der Waals surface area contributed by atoms with E-state index in [9.17, 15) is 19.5 Å². The van der Waals surface area contributed by atoms with Gasteiger partial charge >= 0.3 is 5.97 Å². The normalized spacial score (nSPS) is 21.2. The summed E-state index contributed by atoms with van der Waals surface area (Å²) in [5, 5.41) is 12.3. The molecular formula is C18H23N3O4S. The van der Waals surface area contributed by atoms with Gasteiger partial charge in [0.05, 0.1) is 5.92 Å². The minimum atomic E-state index is -0.896. The smallest absolute Gasteiger partial charge is 0.308 e. The summed E-state index contributed by atoms with van der Waals surface area (Å²) in [5.74, 6) is -2.06. The Labute approximate surface area is 155 Å². The SMILES string of the molecule is Cc1sc2ncc(C(=O)NC3CCCCCCC3C(=O)O)c(=O)n2c1C. The van der Waals surface area contributed by atoms with E-state index in [1.165, 1.54) is 21.9 Å². The van der Waals surface area contributed by atoms with Gasteiger partial charge in [-0.2, -0.15) is 0 Å². The Hall–Kier alpha value is -2.22. The van der Waals surface area contributed by atoms with Gasteiger partial charge in [0.25, 0.3) is 11.5 Å². The van der Waals surface area contributed by atoms with Crippen LogP contribution in [0.2, 0.25) is 0 Å². The molecule has 1 amide bonds. The molecule has 0 aromatic carbocycles. The molecular weight excluding hydrogens is 354 g/mol. The van der Waals surface area contributed by atoms with E-state index in [0.29, 0.717) is 17.8 Å². The van der Waals surface area contributed by atoms with Crippen LogP contribution in [0.5, 0.6) is 0 Å². The maximum Gasteiger partial charge on any atom is 0.308 e. The first-order chi connectivity index (χ1) is 12.4. The molecule has 0 spiro atoms. The Bertz CT molecular complexity index is 902. The number of nitrogens with one attached hydrogen (secondary N) is 1. The van der Waals surface area contributed by atoms with E-state index < -0.39 is 29.4 Å². The minimum absolute atomic E-state index is 0.0467. The van der Waals surface area contributed by atoms with Crippen molar-refractivity contribution >= 4 is 28.2 Å². The quantitative estimate of drug-likeness (QED) is 0.856. The van der Waals surface area contributed by atoms with Gasteiger partial charge in [0.1, 0.15) is 5.56 Å². The van der Waals surface area contributed by atoms with Gasteiger partial charge in [-0.3, -0.25) is 18.8 Å². The van der Waals surface area contributed by atoms with E-state index in [-0.39, 0.29) is 5.56 Å². The third-order valence-electron chi connectivity index (χ3n) is 5.16. The number of thiazole rings is 1. The second kappa shape index (κ2) is 7.57. The van der Waals surface area contributed by atoms with Crippen molar-refractivity contribution in [2.45, 2.75) is 58.4 Å². The Morgan fingerprint density at radius 1 is 1.23 bits per heavy atom. The molecule has 8 heteroatoms. The summed E-state index contributed by atoms with van der Waals surface area (Å²) >= 11 is 1.40. The maximum absolute atomic E-state index is 12.7. The number of hydrogen-bond acceptors (Lipinski definition) is 5. The zero-order valence-corrected chi connectivity index (χ0v) is 15.8. The fourth-order valence-corrected chi connectivity index (χ4v) is 4.46. The summed E-state index contributed by atoms with van der Waals surface area (Å²) in [7, 11) is 0. The summed E-state index contributed by atoms with van der Waals surface area (Å²) < 4.78 is 1.45. The highest BCUT2D eigenvalue weighted by molar-refractivity contribution is 7.17. The molecule has 1 aliphatic carbocycles. The molecule has 2 heterocycles. The molecule has 2 atom stereocenters. The lowest BCUT2D eigenvalue weighted by molar-refractivity contribution is -0.143. The van der Waals surface area contributed by atoms with Gasteiger partial charge in [-0.15, -0.1) is 11.3 Å². The molecule has 0 radical (unpaired) electrons. The van der Waals surface area contributed by atoms with Crippen molar-refractivity contribution in [1.82, 2.24) is 14.7 Å². The first-order valence-corrected chi connectivity index (χ1v) is 9.73. The molecule has 0 bridgehead atoms. The molecule has 0 aliphatic heterocycles. The van der Waals surface area contributed by atoms with Gasteiger partial charge in [-0.25, -0.2) is 4.98 Å². The Morgan fingerprint density at radius 2 is 1.92 bits per heavy atom. The number of amides is 1. The van der Waals surface area contributed by atoms with Gasteiger partial charge in [-0.05, 0) is 26.7 Å². The van der Waals surface area contributed by atoms with Crippen LogP contribution in [0.4, 0.5) is 0 Å². The first kappa shape index (κ1) is 18.6. The third kappa shape index (κ3) is 3.51. The predicted molar refractivity (Wildman–Crippen MR) is 98.9 cm³/mol. The van der Waals surface area contributed by atoms with Gasteiger partial charge in [0.2, 0.25) is 0 Å². The highest BCUT2D eigenvalue weighted by Crippen LogP contribution is 2.24. The Kier molecular flexibility index (Phi) is 5.41. The second-order valence-corrected chi connectivity index (χ2v) is 8.04. The number of aliphatic carboxylic acids is 1. The highest BCUT2D eigenvalue weighted by atomic mass is 32.1. The van der Waals surface area contributed by atoms with Crippen molar-refractivity contribution < 1.29 is 14.7 Å². The number of nitrogens with zero attached hydrogens (tertiary/aromatic N) is 2. The van der Waals surface area contributed by atoms with Crippen LogP contribution in [0, 0.1) is 19.8 Å². The van der Waals surface area contributed by atoms with Crippen LogP contribution in [0.1, 0.15) is 59.5 Å². The number of hydrogen-bond donors (Lipinski definition) is 2. The third-order valence-corrected chi connectivity index (χ3v) is 6.23. The molecule has 140 valence electrons. The van der Waals surface area contributed by atoms with Crippen molar-refractivity contribution in [1.29, 1.82) is 0 Å². The Morgan fingerprint density at radius 3 is 2.62 bits per heavy atom. The molecule has 1 aliphatic rings. The van der Waals surface area contributed by atoms with Crippen LogP contribution in [-0.4, -0.2) is 32.4 Å². The number of rotatable bonds is 3. The highest BCUT2D eigenvalue weighted by Gasteiger charge is 2.31. The largest absolute Gasteiger partial charge is 0.481 e. The number of carboxylic acids is 1. The summed E-state index contributed by atoms with van der Waals surface area (Å²) in [6.45, 7) is 3.72. The number of aromatic nitrogens is 2. The van der Waals surface area contributed by atoms with Crippen LogP contribution < -0.4 is 10.9 Å². The Balaban J connectivity index is 1.89. The number of carboxylic acid groups (broad SMARTS) is 1. The number of aryl methyl sites for hydroxylation is 2. The summed E-state index contributed by atoms with van der Waals surface area (Å²) in [5.41, 5.74) is 0.313. The minimum Gasteiger partial charge on any atom is -0.481 e. The summed E-state index contributed by atoms with van der Waals surface area (Å²) in [4.78, 5) is 42.8. The molecule has 2 aromatic rings. The van der Waals surface area contributed by atoms with E-state index in [1.54, 1.807) is 0 Å². The van der Waals surface area contributed by atoms with Gasteiger partial charge in [0, 0.05) is 22.8 Å². The summed E-state index contributed by atoms with van der Waals surface area (Å²) in [6.07, 6.45) is 6.20. The molecule has 1 saturated carbocycles. The average Bonchev–Trinajstić information content (AvgIpc) is 2.85. The second-order valence-electron chi connectivity index (χ2n) is 6.85. The van der Waals surface area contributed by atoms with Crippen LogP contribution in [0.15, 0.2) is 11.0 Å².